The summed E-state index contributed by atoms with van der Waals surface area (Å²) in [6.07, 6.45) is 2.38. The number of benzene rings is 1. The number of anilines is 1. The van der Waals surface area contributed by atoms with Crippen LogP contribution in [0.4, 0.5) is 5.69 Å². The number of hydrogen-bond acceptors (Lipinski definition) is 2. The zero-order valence-electron chi connectivity index (χ0n) is 9.10. The van der Waals surface area contributed by atoms with Crippen molar-refractivity contribution in [3.05, 3.63) is 29.8 Å². The minimum absolute atomic E-state index is 0.532. The first kappa shape index (κ1) is 10.9. The first-order chi connectivity index (χ1) is 7.72. The van der Waals surface area contributed by atoms with Gasteiger partial charge in [-0.25, -0.2) is 0 Å². The zero-order valence-corrected chi connectivity index (χ0v) is 9.92. The molecular formula is C12H13N3S. The summed E-state index contributed by atoms with van der Waals surface area (Å²) in [6, 6.07) is 10.2. The molecule has 0 atom stereocenters. The van der Waals surface area contributed by atoms with Crippen LogP contribution in [0.2, 0.25) is 0 Å². The molecule has 0 unspecified atom stereocenters. The number of nitrogens with one attached hydrogen (secondary N) is 1. The lowest BCUT2D eigenvalue weighted by Gasteiger charge is -2.21. The van der Waals surface area contributed by atoms with Gasteiger partial charge in [-0.3, -0.25) is 0 Å². The van der Waals surface area contributed by atoms with Gasteiger partial charge in [0.05, 0.1) is 11.3 Å². The molecule has 0 amide bonds. The summed E-state index contributed by atoms with van der Waals surface area (Å²) in [5.74, 6) is 0. The highest BCUT2D eigenvalue weighted by molar-refractivity contribution is 7.80. The van der Waals surface area contributed by atoms with Crippen molar-refractivity contribution in [2.24, 2.45) is 0 Å². The topological polar surface area (TPSA) is 39.1 Å². The maximum atomic E-state index is 9.00. The van der Waals surface area contributed by atoms with E-state index in [1.165, 1.54) is 12.8 Å². The maximum Gasteiger partial charge on any atom is 0.173 e. The lowest BCUT2D eigenvalue weighted by Crippen LogP contribution is -2.38. The largest absolute Gasteiger partial charge is 0.360 e. The van der Waals surface area contributed by atoms with E-state index in [2.05, 4.69) is 11.4 Å². The second kappa shape index (κ2) is 4.50. The number of nitriles is 1. The molecule has 0 aromatic heterocycles. The molecule has 1 fully saturated rings. The Labute approximate surface area is 101 Å². The van der Waals surface area contributed by atoms with E-state index in [0.717, 1.165) is 5.69 Å². The van der Waals surface area contributed by atoms with E-state index < -0.39 is 0 Å². The van der Waals surface area contributed by atoms with Crippen LogP contribution in [0.15, 0.2) is 24.3 Å². The summed E-state index contributed by atoms with van der Waals surface area (Å²) in [7, 11) is 1.88. The van der Waals surface area contributed by atoms with Gasteiger partial charge < -0.3 is 10.2 Å². The lowest BCUT2D eigenvalue weighted by atomic mass is 10.2. The Morgan fingerprint density at radius 3 is 2.81 bits per heavy atom. The fraction of sp³-hybridized carbons (Fsp3) is 0.333. The average molecular weight is 231 g/mol. The molecule has 0 heterocycles. The Kier molecular flexibility index (Phi) is 3.07. The van der Waals surface area contributed by atoms with Crippen LogP contribution in [0.1, 0.15) is 18.4 Å². The van der Waals surface area contributed by atoms with Gasteiger partial charge in [0.1, 0.15) is 6.07 Å². The van der Waals surface area contributed by atoms with E-state index in [0.29, 0.717) is 16.7 Å². The molecule has 1 aromatic carbocycles. The number of rotatable bonds is 2. The van der Waals surface area contributed by atoms with Gasteiger partial charge in [-0.05, 0) is 37.2 Å². The number of para-hydroxylation sites is 1. The number of thiocarbonyl (C=S) groups is 1. The first-order valence-corrected chi connectivity index (χ1v) is 5.66. The molecule has 1 aliphatic rings. The molecule has 2 rings (SSSR count). The van der Waals surface area contributed by atoms with Gasteiger partial charge in [-0.15, -0.1) is 0 Å². The standard InChI is InChI=1S/C12H13N3S/c1-15(12(16)14-10-6-7-10)11-5-3-2-4-9(11)8-13/h2-5,10H,6-7H2,1H3,(H,14,16). The van der Waals surface area contributed by atoms with E-state index >= 15 is 0 Å². The molecule has 0 radical (unpaired) electrons. The molecule has 1 saturated carbocycles. The molecule has 1 aromatic rings. The van der Waals surface area contributed by atoms with Crippen LogP contribution >= 0.6 is 12.2 Å². The number of nitrogens with zero attached hydrogens (tertiary/aromatic N) is 2. The minimum Gasteiger partial charge on any atom is -0.360 e. The fourth-order valence-corrected chi connectivity index (χ4v) is 1.73. The number of hydrogen-bond donors (Lipinski definition) is 1. The fourth-order valence-electron chi connectivity index (χ4n) is 1.47. The quantitative estimate of drug-likeness (QED) is 0.791. The van der Waals surface area contributed by atoms with Crippen LogP contribution in [-0.2, 0) is 0 Å². The summed E-state index contributed by atoms with van der Waals surface area (Å²) in [4.78, 5) is 1.85. The maximum absolute atomic E-state index is 9.00. The van der Waals surface area contributed by atoms with Gasteiger partial charge in [0.15, 0.2) is 5.11 Å². The summed E-state index contributed by atoms with van der Waals surface area (Å²) in [5.41, 5.74) is 1.49. The highest BCUT2D eigenvalue weighted by Crippen LogP contribution is 2.22. The first-order valence-electron chi connectivity index (χ1n) is 5.25. The Morgan fingerprint density at radius 1 is 1.50 bits per heavy atom. The monoisotopic (exact) mass is 231 g/mol. The Balaban J connectivity index is 2.15. The highest BCUT2D eigenvalue weighted by Gasteiger charge is 2.23. The van der Waals surface area contributed by atoms with Crippen molar-refractivity contribution < 1.29 is 0 Å². The molecule has 1 aliphatic carbocycles. The van der Waals surface area contributed by atoms with E-state index in [-0.39, 0.29) is 0 Å². The highest BCUT2D eigenvalue weighted by atomic mass is 32.1. The van der Waals surface area contributed by atoms with Crippen LogP contribution in [0.5, 0.6) is 0 Å². The van der Waals surface area contributed by atoms with Crippen molar-refractivity contribution in [2.45, 2.75) is 18.9 Å². The minimum atomic E-state index is 0.532. The van der Waals surface area contributed by atoms with Gasteiger partial charge in [-0.2, -0.15) is 5.26 Å². The van der Waals surface area contributed by atoms with E-state index in [9.17, 15) is 0 Å². The van der Waals surface area contributed by atoms with Gasteiger partial charge in [-0.1, -0.05) is 12.1 Å². The third-order valence-electron chi connectivity index (χ3n) is 2.60. The molecule has 0 aliphatic heterocycles. The van der Waals surface area contributed by atoms with Gasteiger partial charge >= 0.3 is 0 Å². The Bertz CT molecular complexity index is 446. The summed E-state index contributed by atoms with van der Waals surface area (Å²) >= 11 is 5.29. The Hall–Kier alpha value is -1.60. The lowest BCUT2D eigenvalue weighted by molar-refractivity contribution is 0.901. The van der Waals surface area contributed by atoms with Gasteiger partial charge in [0.2, 0.25) is 0 Å². The molecule has 4 heteroatoms. The molecule has 16 heavy (non-hydrogen) atoms. The van der Waals surface area contributed by atoms with Crippen molar-refractivity contribution in [2.75, 3.05) is 11.9 Å². The van der Waals surface area contributed by atoms with Crippen LogP contribution in [-0.4, -0.2) is 18.2 Å². The molecule has 0 spiro atoms. The molecule has 3 nitrogen and oxygen atoms in total. The molecule has 82 valence electrons. The molecular weight excluding hydrogens is 218 g/mol. The van der Waals surface area contributed by atoms with Crippen molar-refractivity contribution in [3.8, 4) is 6.07 Å². The van der Waals surface area contributed by atoms with Crippen LogP contribution in [0.25, 0.3) is 0 Å². The molecule has 0 bridgehead atoms. The van der Waals surface area contributed by atoms with Crippen LogP contribution < -0.4 is 10.2 Å². The van der Waals surface area contributed by atoms with Crippen molar-refractivity contribution in [1.82, 2.24) is 5.32 Å². The third-order valence-corrected chi connectivity index (χ3v) is 2.99. The predicted molar refractivity (Wildman–Crippen MR) is 68.3 cm³/mol. The van der Waals surface area contributed by atoms with Crippen LogP contribution in [0, 0.1) is 11.3 Å². The van der Waals surface area contributed by atoms with Crippen molar-refractivity contribution in [3.63, 3.8) is 0 Å². The van der Waals surface area contributed by atoms with Crippen molar-refractivity contribution >= 4 is 23.0 Å². The summed E-state index contributed by atoms with van der Waals surface area (Å²) in [5, 5.41) is 12.9. The van der Waals surface area contributed by atoms with Gasteiger partial charge in [0.25, 0.3) is 0 Å². The van der Waals surface area contributed by atoms with E-state index in [4.69, 9.17) is 17.5 Å². The van der Waals surface area contributed by atoms with Gasteiger partial charge in [0, 0.05) is 13.1 Å². The Morgan fingerprint density at radius 2 is 2.19 bits per heavy atom. The van der Waals surface area contributed by atoms with Crippen molar-refractivity contribution in [1.29, 1.82) is 5.26 Å². The SMILES string of the molecule is CN(C(=S)NC1CC1)c1ccccc1C#N. The van der Waals surface area contributed by atoms with E-state index in [1.54, 1.807) is 6.07 Å². The average Bonchev–Trinajstić information content (AvgIpc) is 3.11. The molecule has 1 N–H and O–H groups in total. The normalized spacial score (nSPS) is 14.0. The van der Waals surface area contributed by atoms with Crippen LogP contribution in [0.3, 0.4) is 0 Å². The summed E-state index contributed by atoms with van der Waals surface area (Å²) < 4.78 is 0. The summed E-state index contributed by atoms with van der Waals surface area (Å²) in [6.45, 7) is 0. The molecule has 0 saturated heterocycles. The predicted octanol–water partition coefficient (Wildman–Crippen LogP) is 2.03. The second-order valence-corrected chi connectivity index (χ2v) is 4.30. The second-order valence-electron chi connectivity index (χ2n) is 3.91. The van der Waals surface area contributed by atoms with E-state index in [1.807, 2.05) is 30.1 Å². The third kappa shape index (κ3) is 2.31. The smallest absolute Gasteiger partial charge is 0.173 e. The zero-order chi connectivity index (χ0) is 11.5.